The third-order valence-corrected chi connectivity index (χ3v) is 5.25. The largest absolute Gasteiger partial charge is 0.312 e. The lowest BCUT2D eigenvalue weighted by Crippen LogP contribution is -2.11. The van der Waals surface area contributed by atoms with Gasteiger partial charge < -0.3 is 5.32 Å². The molecule has 20 heavy (non-hydrogen) atoms. The molecule has 2 nitrogen and oxygen atoms in total. The van der Waals surface area contributed by atoms with Gasteiger partial charge >= 0.3 is 0 Å². The molecule has 0 aliphatic carbocycles. The Balaban J connectivity index is 2.00. The van der Waals surface area contributed by atoms with E-state index >= 15 is 0 Å². The lowest BCUT2D eigenvalue weighted by molar-refractivity contribution is 0.723. The van der Waals surface area contributed by atoms with Crippen molar-refractivity contribution >= 4 is 23.1 Å². The van der Waals surface area contributed by atoms with Gasteiger partial charge in [-0.1, -0.05) is 38.5 Å². The van der Waals surface area contributed by atoms with E-state index in [4.69, 9.17) is 4.98 Å². The van der Waals surface area contributed by atoms with Crippen LogP contribution in [0.5, 0.6) is 0 Å². The average molecular weight is 307 g/mol. The van der Waals surface area contributed by atoms with Crippen LogP contribution in [0.3, 0.4) is 0 Å². The van der Waals surface area contributed by atoms with E-state index < -0.39 is 0 Å². The molecule has 0 saturated carbocycles. The molecule has 0 radical (unpaired) electrons. The fourth-order valence-electron chi connectivity index (χ4n) is 1.97. The second kappa shape index (κ2) is 8.45. The summed E-state index contributed by atoms with van der Waals surface area (Å²) in [5.41, 5.74) is 1.29. The van der Waals surface area contributed by atoms with Crippen LogP contribution < -0.4 is 5.32 Å². The van der Waals surface area contributed by atoms with Gasteiger partial charge in [0, 0.05) is 16.3 Å². The van der Waals surface area contributed by atoms with Crippen LogP contribution >= 0.6 is 23.1 Å². The van der Waals surface area contributed by atoms with Crippen molar-refractivity contribution < 1.29 is 0 Å². The van der Waals surface area contributed by atoms with Gasteiger partial charge in [0.15, 0.2) is 0 Å². The maximum Gasteiger partial charge on any atom is 0.103 e. The van der Waals surface area contributed by atoms with Crippen LogP contribution in [0.15, 0.2) is 35.2 Å². The predicted molar refractivity (Wildman–Crippen MR) is 89.5 cm³/mol. The number of nitrogens with zero attached hydrogens (tertiary/aromatic N) is 1. The summed E-state index contributed by atoms with van der Waals surface area (Å²) in [6.45, 7) is 6.33. The number of thioether (sulfide) groups is 1. The number of hydrogen-bond donors (Lipinski definition) is 1. The van der Waals surface area contributed by atoms with Crippen molar-refractivity contribution in [3.8, 4) is 0 Å². The summed E-state index contributed by atoms with van der Waals surface area (Å²) in [5, 5.41) is 4.66. The fourth-order valence-corrected chi connectivity index (χ4v) is 3.97. The minimum atomic E-state index is 0.958. The van der Waals surface area contributed by atoms with Crippen LogP contribution in [-0.2, 0) is 18.7 Å². The topological polar surface area (TPSA) is 24.9 Å². The number of aromatic nitrogens is 1. The molecule has 2 rings (SSSR count). The number of aryl methyl sites for hydroxylation is 1. The number of nitrogens with one attached hydrogen (secondary N) is 1. The van der Waals surface area contributed by atoms with Crippen LogP contribution in [0.25, 0.3) is 0 Å². The molecular weight excluding hydrogens is 284 g/mol. The van der Waals surface area contributed by atoms with Gasteiger partial charge in [-0.3, -0.25) is 0 Å². The Morgan fingerprint density at radius 3 is 2.70 bits per heavy atom. The quantitative estimate of drug-likeness (QED) is 0.727. The SMILES string of the molecule is CCCc1nc(CSc2ccccc2)sc1CNCC. The van der Waals surface area contributed by atoms with Crippen molar-refractivity contribution in [2.75, 3.05) is 6.54 Å². The van der Waals surface area contributed by atoms with Gasteiger partial charge in [0.1, 0.15) is 5.01 Å². The molecule has 0 aliphatic heterocycles. The first-order chi connectivity index (χ1) is 9.83. The molecule has 0 aliphatic rings. The summed E-state index contributed by atoms with van der Waals surface area (Å²) in [7, 11) is 0. The van der Waals surface area contributed by atoms with Crippen molar-refractivity contribution in [2.24, 2.45) is 0 Å². The third-order valence-electron chi connectivity index (χ3n) is 2.95. The normalized spacial score (nSPS) is 10.9. The molecule has 1 aromatic heterocycles. The van der Waals surface area contributed by atoms with E-state index in [0.717, 1.165) is 31.7 Å². The van der Waals surface area contributed by atoms with Gasteiger partial charge in [-0.15, -0.1) is 23.1 Å². The molecule has 0 bridgehead atoms. The lowest BCUT2D eigenvalue weighted by atomic mass is 10.2. The van der Waals surface area contributed by atoms with Crippen LogP contribution in [0.1, 0.15) is 35.8 Å². The Bertz CT molecular complexity index is 508. The van der Waals surface area contributed by atoms with Gasteiger partial charge in [-0.2, -0.15) is 0 Å². The van der Waals surface area contributed by atoms with Crippen LogP contribution in [0.2, 0.25) is 0 Å². The van der Waals surface area contributed by atoms with Crippen molar-refractivity contribution in [1.29, 1.82) is 0 Å². The zero-order chi connectivity index (χ0) is 14.2. The summed E-state index contributed by atoms with van der Waals surface area (Å²) in [6.07, 6.45) is 2.25. The van der Waals surface area contributed by atoms with E-state index in [1.165, 1.54) is 20.5 Å². The summed E-state index contributed by atoms with van der Waals surface area (Å²) < 4.78 is 0. The van der Waals surface area contributed by atoms with Crippen molar-refractivity contribution in [2.45, 2.75) is 43.9 Å². The number of benzene rings is 1. The van der Waals surface area contributed by atoms with Crippen LogP contribution in [0, 0.1) is 0 Å². The maximum absolute atomic E-state index is 4.83. The lowest BCUT2D eigenvalue weighted by Gasteiger charge is -2.00. The second-order valence-corrected chi connectivity index (χ2v) is 6.83. The third kappa shape index (κ3) is 4.62. The second-order valence-electron chi connectivity index (χ2n) is 4.61. The Morgan fingerprint density at radius 2 is 2.00 bits per heavy atom. The Morgan fingerprint density at radius 1 is 1.20 bits per heavy atom. The van der Waals surface area contributed by atoms with E-state index in [1.807, 2.05) is 23.1 Å². The monoisotopic (exact) mass is 306 g/mol. The molecule has 0 spiro atoms. The highest BCUT2D eigenvalue weighted by Crippen LogP contribution is 2.27. The first-order valence-electron chi connectivity index (χ1n) is 7.19. The summed E-state index contributed by atoms with van der Waals surface area (Å²) in [6, 6.07) is 10.5. The molecular formula is C16H22N2S2. The van der Waals surface area contributed by atoms with Crippen LogP contribution in [0.4, 0.5) is 0 Å². The molecule has 108 valence electrons. The Hall–Kier alpha value is -0.840. The van der Waals surface area contributed by atoms with E-state index in [9.17, 15) is 0 Å². The van der Waals surface area contributed by atoms with Gasteiger partial charge in [-0.25, -0.2) is 4.98 Å². The minimum absolute atomic E-state index is 0.958. The van der Waals surface area contributed by atoms with E-state index in [1.54, 1.807) is 0 Å². The van der Waals surface area contributed by atoms with E-state index in [0.29, 0.717) is 0 Å². The van der Waals surface area contributed by atoms with Gasteiger partial charge in [0.05, 0.1) is 11.4 Å². The minimum Gasteiger partial charge on any atom is -0.312 e. The molecule has 4 heteroatoms. The molecule has 0 amide bonds. The maximum atomic E-state index is 4.83. The number of rotatable bonds is 8. The number of thiazole rings is 1. The molecule has 1 aromatic carbocycles. The first-order valence-corrected chi connectivity index (χ1v) is 8.99. The van der Waals surface area contributed by atoms with Gasteiger partial charge in [0.2, 0.25) is 0 Å². The highest BCUT2D eigenvalue weighted by Gasteiger charge is 2.10. The highest BCUT2D eigenvalue weighted by molar-refractivity contribution is 7.98. The zero-order valence-electron chi connectivity index (χ0n) is 12.2. The van der Waals surface area contributed by atoms with E-state index in [2.05, 4.69) is 49.5 Å². The summed E-state index contributed by atoms with van der Waals surface area (Å²) in [4.78, 5) is 7.55. The Kier molecular flexibility index (Phi) is 6.57. The van der Waals surface area contributed by atoms with Crippen molar-refractivity contribution in [1.82, 2.24) is 10.3 Å². The molecule has 1 N–H and O–H groups in total. The fraction of sp³-hybridized carbons (Fsp3) is 0.438. The van der Waals surface area contributed by atoms with Crippen molar-refractivity contribution in [3.63, 3.8) is 0 Å². The molecule has 0 atom stereocenters. The highest BCUT2D eigenvalue weighted by atomic mass is 32.2. The van der Waals surface area contributed by atoms with E-state index in [-0.39, 0.29) is 0 Å². The first kappa shape index (κ1) is 15.5. The van der Waals surface area contributed by atoms with Crippen molar-refractivity contribution in [3.05, 3.63) is 45.9 Å². The summed E-state index contributed by atoms with van der Waals surface area (Å²) in [5.74, 6) is 0.970. The average Bonchev–Trinajstić information content (AvgIpc) is 2.87. The van der Waals surface area contributed by atoms with Gasteiger partial charge in [-0.05, 0) is 25.1 Å². The molecule has 1 heterocycles. The molecule has 2 aromatic rings. The number of hydrogen-bond acceptors (Lipinski definition) is 4. The Labute approximate surface area is 130 Å². The molecule has 0 saturated heterocycles. The van der Waals surface area contributed by atoms with Crippen LogP contribution in [-0.4, -0.2) is 11.5 Å². The molecule has 0 fully saturated rings. The van der Waals surface area contributed by atoms with Gasteiger partial charge in [0.25, 0.3) is 0 Å². The standard InChI is InChI=1S/C16H22N2S2/c1-3-8-14-15(11-17-4-2)20-16(18-14)12-19-13-9-6-5-7-10-13/h5-7,9-10,17H,3-4,8,11-12H2,1-2H3. The summed E-state index contributed by atoms with van der Waals surface area (Å²) >= 11 is 3.73. The smallest absolute Gasteiger partial charge is 0.103 e. The predicted octanol–water partition coefficient (Wildman–Crippen LogP) is 4.50. The zero-order valence-corrected chi connectivity index (χ0v) is 13.8. The molecule has 0 unspecified atom stereocenters.